The zero-order valence-electron chi connectivity index (χ0n) is 71.7. The molecule has 0 aromatic heterocycles. The Morgan fingerprint density at radius 2 is 0.516 bits per heavy atom. The number of unbranched alkanes of at least 4 members (excludes halogenated alkanes) is 23. The summed E-state index contributed by atoms with van der Waals surface area (Å²) in [6.07, 6.45) is -52.0. The van der Waals surface area contributed by atoms with Gasteiger partial charge in [-0.1, -0.05) is 167 Å². The molecule has 42 atom stereocenters. The molecule has 0 bridgehead atoms. The number of aliphatic hydroxyl groups is 26. The highest BCUT2D eigenvalue weighted by molar-refractivity contribution is 5.76. The molecule has 0 aromatic carbocycles. The number of carbonyl (C=O) groups excluding carboxylic acids is 1. The van der Waals surface area contributed by atoms with Gasteiger partial charge in [0, 0.05) is 6.42 Å². The number of ether oxygens (including phenoxy) is 16. The number of carbonyl (C=O) groups is 1. The van der Waals surface area contributed by atoms with E-state index >= 15 is 0 Å². The summed E-state index contributed by atoms with van der Waals surface area (Å²) >= 11 is 0. The fourth-order valence-electron chi connectivity index (χ4n) is 16.9. The van der Waals surface area contributed by atoms with Crippen LogP contribution in [-0.2, 0) is 80.6 Å². The minimum absolute atomic E-state index is 0.163. The first-order valence-electron chi connectivity index (χ1n) is 45.0. The van der Waals surface area contributed by atoms with Gasteiger partial charge >= 0.3 is 0 Å². The zero-order chi connectivity index (χ0) is 92.0. The van der Waals surface area contributed by atoms with Crippen molar-refractivity contribution in [3.05, 3.63) is 12.2 Å². The molecule has 44 nitrogen and oxygen atoms in total. The highest BCUT2D eigenvalue weighted by Gasteiger charge is 2.60. The lowest BCUT2D eigenvalue weighted by molar-refractivity contribution is -0.401. The summed E-state index contributed by atoms with van der Waals surface area (Å²) in [5.74, 6) is -0.356. The molecule has 16 unspecified atom stereocenters. The largest absolute Gasteiger partial charge is 0.394 e. The molecule has 27 N–H and O–H groups in total. The molecule has 0 aromatic rings. The molecule has 8 rings (SSSR count). The van der Waals surface area contributed by atoms with Crippen molar-refractivity contribution in [3.63, 3.8) is 0 Å². The Balaban J connectivity index is 0.875. The lowest BCUT2D eigenvalue weighted by atomic mass is 9.95. The van der Waals surface area contributed by atoms with Gasteiger partial charge in [0.1, 0.15) is 195 Å². The number of hydrogen-bond acceptors (Lipinski definition) is 43. The summed E-state index contributed by atoms with van der Waals surface area (Å²) in [6.45, 7) is -4.52. The standard InChI is InChI=1S/C82H147NO43/c1-3-5-7-9-11-13-15-17-19-21-23-25-27-29-41(92)40(83-50(93)30-28-26-24-22-20-18-16-14-12-10-8-6-4-2)39-111-75-61(104)58(101)68(48(37-90)118-75)120-77-62(105)59(102)69(49(38-91)119-77)121-78-63(106)71(53(96)43(32-85)113-78)123-80-65(108)73(55(98)45(34-87)115-80)125-82-67(110)74(56(99)47(36-89)117-82)126-81-66(109)72(54(97)46(35-88)116-81)124-79-64(107)70(52(95)44(33-86)114-79)122-76-60(103)57(100)51(94)42(31-84)112-76/h27,29,40-49,51-82,84-92,94-110H,3-26,28,30-39H2,1-2H3,(H,83,93)/b29-27+/t40-,41+,42?,43?,44?,45?,46?,47?,48?,49?,51-,52-,53-,54-,55-,56-,57-,58+,59+,60?,61?,62?,63?,64?,65?,66?,67?,68+,69-,70-,71-,72-,73-,74-,75+,76+,77-,78-,79+,80+,81+,82+/m0/s1. The fourth-order valence-corrected chi connectivity index (χ4v) is 16.9. The number of rotatable bonds is 54. The number of allylic oxidation sites excluding steroid dienone is 1. The Bertz CT molecular complexity index is 2970. The third kappa shape index (κ3) is 29.5. The average molecular weight is 1840 g/mol. The van der Waals surface area contributed by atoms with Crippen LogP contribution in [0.15, 0.2) is 12.2 Å². The van der Waals surface area contributed by atoms with Crippen molar-refractivity contribution >= 4 is 5.91 Å². The van der Waals surface area contributed by atoms with Gasteiger partial charge in [-0.25, -0.2) is 0 Å². The van der Waals surface area contributed by atoms with Crippen LogP contribution >= 0.6 is 0 Å². The summed E-state index contributed by atoms with van der Waals surface area (Å²) in [4.78, 5) is 13.5. The van der Waals surface area contributed by atoms with Crippen molar-refractivity contribution in [2.45, 2.75) is 439 Å². The third-order valence-corrected chi connectivity index (χ3v) is 24.7. The maximum absolute atomic E-state index is 13.5. The Kier molecular flexibility index (Phi) is 48.0. The average Bonchev–Trinajstić information content (AvgIpc) is 0.768. The van der Waals surface area contributed by atoms with Gasteiger partial charge in [0.25, 0.3) is 0 Å². The zero-order valence-corrected chi connectivity index (χ0v) is 71.7. The van der Waals surface area contributed by atoms with Crippen LogP contribution < -0.4 is 5.32 Å². The van der Waals surface area contributed by atoms with Gasteiger partial charge in [-0.3, -0.25) is 4.79 Å². The van der Waals surface area contributed by atoms with Crippen LogP contribution in [0.25, 0.3) is 0 Å². The van der Waals surface area contributed by atoms with Gasteiger partial charge in [-0.2, -0.15) is 0 Å². The van der Waals surface area contributed by atoms with Gasteiger partial charge in [0.15, 0.2) is 50.3 Å². The second-order valence-electron chi connectivity index (χ2n) is 34.1. The summed E-state index contributed by atoms with van der Waals surface area (Å²) < 4.78 is 92.2. The summed E-state index contributed by atoms with van der Waals surface area (Å²) in [6, 6.07) is -1.08. The van der Waals surface area contributed by atoms with Gasteiger partial charge in [-0.05, 0) is 19.3 Å². The first-order chi connectivity index (χ1) is 60.5. The van der Waals surface area contributed by atoms with Crippen molar-refractivity contribution in [1.29, 1.82) is 0 Å². The van der Waals surface area contributed by atoms with Crippen LogP contribution in [0.2, 0.25) is 0 Å². The topological polar surface area (TPSA) is 703 Å². The van der Waals surface area contributed by atoms with E-state index in [1.54, 1.807) is 6.08 Å². The van der Waals surface area contributed by atoms with Crippen LogP contribution in [-0.4, -0.2) is 456 Å². The van der Waals surface area contributed by atoms with E-state index in [1.807, 2.05) is 6.08 Å². The first-order valence-corrected chi connectivity index (χ1v) is 45.0. The molecule has 1 amide bonds. The molecule has 8 aliphatic rings. The van der Waals surface area contributed by atoms with Crippen molar-refractivity contribution in [1.82, 2.24) is 5.32 Å². The Labute approximate surface area is 732 Å². The van der Waals surface area contributed by atoms with E-state index in [1.165, 1.54) is 96.3 Å². The van der Waals surface area contributed by atoms with E-state index in [4.69, 9.17) is 75.8 Å². The molecule has 8 saturated heterocycles. The summed E-state index contributed by atoms with van der Waals surface area (Å²) in [5, 5.41) is 292. The highest BCUT2D eigenvalue weighted by Crippen LogP contribution is 2.40. The smallest absolute Gasteiger partial charge is 0.220 e. The highest BCUT2D eigenvalue weighted by atomic mass is 16.8. The Hall–Kier alpha value is -2.47. The van der Waals surface area contributed by atoms with Crippen LogP contribution in [0, 0.1) is 0 Å². The van der Waals surface area contributed by atoms with E-state index < -0.39 is 317 Å². The lowest BCUT2D eigenvalue weighted by Crippen LogP contribution is -2.69. The van der Waals surface area contributed by atoms with Gasteiger partial charge in [0.05, 0.1) is 71.6 Å². The molecule has 126 heavy (non-hydrogen) atoms. The summed E-state index contributed by atoms with van der Waals surface area (Å²) in [5.41, 5.74) is 0. The molecule has 8 heterocycles. The molecular formula is C82H147NO43. The monoisotopic (exact) mass is 1830 g/mol. The molecule has 0 saturated carbocycles. The van der Waals surface area contributed by atoms with E-state index in [0.29, 0.717) is 12.8 Å². The van der Waals surface area contributed by atoms with E-state index in [2.05, 4.69) is 19.2 Å². The molecule has 44 heteroatoms. The summed E-state index contributed by atoms with van der Waals surface area (Å²) in [7, 11) is 0. The van der Waals surface area contributed by atoms with Crippen molar-refractivity contribution in [2.24, 2.45) is 0 Å². The number of amides is 1. The second-order valence-corrected chi connectivity index (χ2v) is 34.1. The second kappa shape index (κ2) is 55.5. The SMILES string of the molecule is CCCCCCCCCCCCC/C=C/[C@@H](O)[C@H](CO[C@@H]1OC(CO)[C@@H](O[C@@H]2OC(CO)[C@H](O[C@@H]3OC(CO)[C@H](O)[C@H](O[C@H]4OC(CO)[C@H](O)[C@H](O[C@H]5OC(CO)[C@H](O)[C@H](O[C@H]6OC(CO)[C@H](O)[C@H](O[C@H]7OC(CO)[C@H](O)[C@H](O[C@H]8OC(CO)[C@H](O)[C@H](O)C8O)C7O)C6O)C5O)C4O)C3O)[C@H](O)C2O)[C@H](O)C1O)NC(=O)CCCCCCCCCCCCCCC. The predicted molar refractivity (Wildman–Crippen MR) is 427 cm³/mol. The molecule has 0 radical (unpaired) electrons. The first kappa shape index (κ1) is 109. The molecular weight excluding hydrogens is 1690 g/mol. The van der Waals surface area contributed by atoms with Crippen LogP contribution in [0.5, 0.6) is 0 Å². The Morgan fingerprint density at radius 3 is 0.817 bits per heavy atom. The van der Waals surface area contributed by atoms with Crippen molar-refractivity contribution < 1.29 is 213 Å². The van der Waals surface area contributed by atoms with Crippen LogP contribution in [0.1, 0.15) is 181 Å². The quantitative estimate of drug-likeness (QED) is 0.0199. The van der Waals surface area contributed by atoms with E-state index in [9.17, 15) is 138 Å². The number of aliphatic hydroxyl groups excluding tert-OH is 26. The van der Waals surface area contributed by atoms with Gasteiger partial charge < -0.3 is 214 Å². The fraction of sp³-hybridized carbons (Fsp3) is 0.963. The molecule has 8 fully saturated rings. The molecule has 8 aliphatic heterocycles. The Morgan fingerprint density at radius 1 is 0.278 bits per heavy atom. The van der Waals surface area contributed by atoms with Gasteiger partial charge in [-0.15, -0.1) is 0 Å². The van der Waals surface area contributed by atoms with E-state index in [0.717, 1.165) is 51.4 Å². The molecule has 738 valence electrons. The predicted octanol–water partition coefficient (Wildman–Crippen LogP) is -7.84. The van der Waals surface area contributed by atoms with Crippen molar-refractivity contribution in [2.75, 3.05) is 59.5 Å². The normalized spacial score (nSPS) is 41.9. The maximum Gasteiger partial charge on any atom is 0.220 e. The van der Waals surface area contributed by atoms with Gasteiger partial charge in [0.2, 0.25) is 5.91 Å². The number of nitrogens with one attached hydrogen (secondary N) is 1. The minimum atomic E-state index is -2.39. The molecule has 0 spiro atoms. The molecule has 0 aliphatic carbocycles. The maximum atomic E-state index is 13.5. The van der Waals surface area contributed by atoms with Crippen LogP contribution in [0.3, 0.4) is 0 Å². The van der Waals surface area contributed by atoms with E-state index in [-0.39, 0.29) is 12.3 Å². The number of hydrogen-bond donors (Lipinski definition) is 27. The van der Waals surface area contributed by atoms with Crippen molar-refractivity contribution in [3.8, 4) is 0 Å². The van der Waals surface area contributed by atoms with Crippen LogP contribution in [0.4, 0.5) is 0 Å². The minimum Gasteiger partial charge on any atom is -0.394 e. The lowest BCUT2D eigenvalue weighted by Gasteiger charge is -2.50. The third-order valence-electron chi connectivity index (χ3n) is 24.7.